The van der Waals surface area contributed by atoms with Crippen LogP contribution in [0.4, 0.5) is 0 Å². The van der Waals surface area contributed by atoms with Gasteiger partial charge in [-0.3, -0.25) is 0 Å². The molecule has 0 atom stereocenters. The average molecular weight is 636 g/mol. The highest BCUT2D eigenvalue weighted by Gasteiger charge is 2.18. The Balaban J connectivity index is 1.23. The molecular formula is C45H25N5. The molecule has 0 fully saturated rings. The van der Waals surface area contributed by atoms with E-state index < -0.39 is 0 Å². The Bertz CT molecular complexity index is 2970. The predicted octanol–water partition coefficient (Wildman–Crippen LogP) is 10.8. The van der Waals surface area contributed by atoms with Crippen molar-refractivity contribution < 1.29 is 0 Å². The number of nitrogens with zero attached hydrogens (tertiary/aromatic N) is 5. The van der Waals surface area contributed by atoms with E-state index in [2.05, 4.69) is 100 Å². The number of hydrogen-bond donors (Lipinski definition) is 0. The van der Waals surface area contributed by atoms with Gasteiger partial charge in [0.25, 0.3) is 0 Å². The molecule has 2 aromatic heterocycles. The Hall–Kier alpha value is -7.39. The summed E-state index contributed by atoms with van der Waals surface area (Å²) in [5.41, 5.74) is 11.8. The zero-order valence-electron chi connectivity index (χ0n) is 26.7. The summed E-state index contributed by atoms with van der Waals surface area (Å²) in [4.78, 5) is 0. The third-order valence-corrected chi connectivity index (χ3v) is 9.61. The van der Waals surface area contributed by atoms with Crippen molar-refractivity contribution in [2.75, 3.05) is 0 Å². The molecule has 0 saturated carbocycles. The fourth-order valence-electron chi connectivity index (χ4n) is 7.40. The minimum atomic E-state index is 0.586. The van der Waals surface area contributed by atoms with Gasteiger partial charge in [-0.25, -0.2) is 0 Å². The van der Waals surface area contributed by atoms with Gasteiger partial charge in [0.1, 0.15) is 0 Å². The van der Waals surface area contributed by atoms with Crippen LogP contribution in [0.3, 0.4) is 0 Å². The van der Waals surface area contributed by atoms with Gasteiger partial charge in [0.15, 0.2) is 0 Å². The van der Waals surface area contributed by atoms with Crippen molar-refractivity contribution in [3.63, 3.8) is 0 Å². The lowest BCUT2D eigenvalue weighted by Crippen LogP contribution is -1.98. The van der Waals surface area contributed by atoms with Crippen LogP contribution >= 0.6 is 0 Å². The van der Waals surface area contributed by atoms with Gasteiger partial charge in [0.05, 0.1) is 62.7 Å². The number of benzene rings is 7. The summed E-state index contributed by atoms with van der Waals surface area (Å²) in [5.74, 6) is 0. The molecule has 2 heterocycles. The first-order valence-electron chi connectivity index (χ1n) is 16.3. The molecule has 0 unspecified atom stereocenters. The van der Waals surface area contributed by atoms with Crippen molar-refractivity contribution >= 4 is 43.6 Å². The molecule has 9 aromatic rings. The molecule has 0 N–H and O–H groups in total. The van der Waals surface area contributed by atoms with Gasteiger partial charge in [-0.2, -0.15) is 15.8 Å². The molecule has 5 nitrogen and oxygen atoms in total. The van der Waals surface area contributed by atoms with Gasteiger partial charge >= 0.3 is 0 Å². The second-order valence-electron chi connectivity index (χ2n) is 12.3. The summed E-state index contributed by atoms with van der Waals surface area (Å²) in [6.45, 7) is 0. The molecule has 230 valence electrons. The van der Waals surface area contributed by atoms with E-state index >= 15 is 0 Å². The maximum atomic E-state index is 10.3. The van der Waals surface area contributed by atoms with Crippen LogP contribution in [-0.4, -0.2) is 9.13 Å². The zero-order chi connectivity index (χ0) is 33.8. The van der Waals surface area contributed by atoms with Crippen molar-refractivity contribution in [1.82, 2.24) is 9.13 Å². The first-order chi connectivity index (χ1) is 24.7. The number of fused-ring (bicyclic) bond motifs is 6. The second-order valence-corrected chi connectivity index (χ2v) is 12.3. The van der Waals surface area contributed by atoms with Gasteiger partial charge in [0, 0.05) is 38.4 Å². The first kappa shape index (κ1) is 28.8. The van der Waals surface area contributed by atoms with Crippen LogP contribution in [0.1, 0.15) is 16.7 Å². The predicted molar refractivity (Wildman–Crippen MR) is 200 cm³/mol. The lowest BCUT2D eigenvalue weighted by atomic mass is 9.95. The smallest absolute Gasteiger partial charge is 0.0998 e. The van der Waals surface area contributed by atoms with E-state index in [4.69, 9.17) is 0 Å². The minimum Gasteiger partial charge on any atom is -0.309 e. The number of nitriles is 3. The maximum Gasteiger partial charge on any atom is 0.0998 e. The first-order valence-corrected chi connectivity index (χ1v) is 16.3. The van der Waals surface area contributed by atoms with E-state index in [0.717, 1.165) is 77.2 Å². The highest BCUT2D eigenvalue weighted by atomic mass is 15.0. The van der Waals surface area contributed by atoms with Crippen LogP contribution in [0, 0.1) is 34.0 Å². The standard InChI is InChI=1S/C45H25N5/c46-26-29-16-20-44-39(22-29)36-11-2-5-14-42(36)49(44)34-19-18-33(28-48)38(25-34)32-9-7-8-31(24-32)35-10-1-4-13-41(35)50-43-15-6-3-12-37(43)40-23-30(27-47)17-21-45(40)50/h1-25H. The minimum absolute atomic E-state index is 0.586. The van der Waals surface area contributed by atoms with Crippen molar-refractivity contribution in [2.24, 2.45) is 0 Å². The summed E-state index contributed by atoms with van der Waals surface area (Å²) in [6, 6.07) is 57.9. The molecule has 5 heteroatoms. The molecule has 0 saturated heterocycles. The lowest BCUT2D eigenvalue weighted by molar-refractivity contribution is 1.18. The van der Waals surface area contributed by atoms with E-state index in [1.165, 1.54) is 0 Å². The van der Waals surface area contributed by atoms with Crippen LogP contribution in [0.15, 0.2) is 152 Å². The fraction of sp³-hybridized carbons (Fsp3) is 0. The molecular weight excluding hydrogens is 611 g/mol. The molecule has 0 aliphatic carbocycles. The lowest BCUT2D eigenvalue weighted by Gasteiger charge is -2.16. The quantitative estimate of drug-likeness (QED) is 0.193. The third-order valence-electron chi connectivity index (χ3n) is 9.61. The zero-order valence-corrected chi connectivity index (χ0v) is 26.7. The Labute approximate surface area is 287 Å². The molecule has 0 aliphatic heterocycles. The number of para-hydroxylation sites is 3. The van der Waals surface area contributed by atoms with E-state index in [0.29, 0.717) is 16.7 Å². The molecule has 9 rings (SSSR count). The van der Waals surface area contributed by atoms with Gasteiger partial charge in [-0.1, -0.05) is 72.8 Å². The summed E-state index contributed by atoms with van der Waals surface area (Å²) < 4.78 is 4.48. The van der Waals surface area contributed by atoms with Crippen molar-refractivity contribution in [1.29, 1.82) is 15.8 Å². The molecule has 50 heavy (non-hydrogen) atoms. The van der Waals surface area contributed by atoms with Gasteiger partial charge in [-0.15, -0.1) is 0 Å². The molecule has 7 aromatic carbocycles. The van der Waals surface area contributed by atoms with Crippen molar-refractivity contribution in [2.45, 2.75) is 0 Å². The van der Waals surface area contributed by atoms with Gasteiger partial charge in [0.2, 0.25) is 0 Å². The van der Waals surface area contributed by atoms with Crippen LogP contribution < -0.4 is 0 Å². The Morgan fingerprint density at radius 2 is 0.940 bits per heavy atom. The van der Waals surface area contributed by atoms with Crippen LogP contribution in [0.2, 0.25) is 0 Å². The van der Waals surface area contributed by atoms with E-state index in [1.54, 1.807) is 0 Å². The third kappa shape index (κ3) is 4.38. The second kappa shape index (κ2) is 11.4. The van der Waals surface area contributed by atoms with Crippen LogP contribution in [0.5, 0.6) is 0 Å². The molecule has 0 radical (unpaired) electrons. The highest BCUT2D eigenvalue weighted by Crippen LogP contribution is 2.39. The fourth-order valence-corrected chi connectivity index (χ4v) is 7.40. The molecule has 0 amide bonds. The topological polar surface area (TPSA) is 81.2 Å². The summed E-state index contributed by atoms with van der Waals surface area (Å²) in [5, 5.41) is 33.7. The van der Waals surface area contributed by atoms with E-state index in [1.807, 2.05) is 78.9 Å². The Morgan fingerprint density at radius 1 is 0.380 bits per heavy atom. The van der Waals surface area contributed by atoms with Gasteiger partial charge < -0.3 is 9.13 Å². The van der Waals surface area contributed by atoms with Crippen LogP contribution in [0.25, 0.3) is 77.2 Å². The Morgan fingerprint density at radius 3 is 1.60 bits per heavy atom. The summed E-state index contributed by atoms with van der Waals surface area (Å²) >= 11 is 0. The van der Waals surface area contributed by atoms with Crippen molar-refractivity contribution in [3.05, 3.63) is 168 Å². The SMILES string of the molecule is N#Cc1ccc2c(c1)c1ccccc1n2-c1ccc(C#N)c(-c2cccc(-c3ccccc3-n3c4ccccc4c4cc(C#N)ccc43)c2)c1. The summed E-state index contributed by atoms with van der Waals surface area (Å²) in [7, 11) is 0. The molecule has 0 aliphatic rings. The molecule has 0 spiro atoms. The van der Waals surface area contributed by atoms with Gasteiger partial charge in [-0.05, 0) is 90.0 Å². The average Bonchev–Trinajstić information content (AvgIpc) is 3.69. The van der Waals surface area contributed by atoms with Crippen LogP contribution in [-0.2, 0) is 0 Å². The monoisotopic (exact) mass is 635 g/mol. The molecule has 0 bridgehead atoms. The maximum absolute atomic E-state index is 10.3. The number of hydrogen-bond acceptors (Lipinski definition) is 3. The highest BCUT2D eigenvalue weighted by molar-refractivity contribution is 6.11. The number of aromatic nitrogens is 2. The Kier molecular flexibility index (Phi) is 6.56. The normalized spacial score (nSPS) is 11.1. The van der Waals surface area contributed by atoms with E-state index in [9.17, 15) is 15.8 Å². The summed E-state index contributed by atoms with van der Waals surface area (Å²) in [6.07, 6.45) is 0. The number of rotatable bonds is 4. The van der Waals surface area contributed by atoms with Crippen molar-refractivity contribution in [3.8, 4) is 51.8 Å². The van der Waals surface area contributed by atoms with E-state index in [-0.39, 0.29) is 0 Å². The largest absolute Gasteiger partial charge is 0.309 e.